The summed E-state index contributed by atoms with van der Waals surface area (Å²) in [6.45, 7) is 1.84. The third-order valence-corrected chi connectivity index (χ3v) is 3.35. The molecule has 0 aliphatic carbocycles. The molecule has 0 aliphatic rings. The Balaban J connectivity index is 2.41. The van der Waals surface area contributed by atoms with Gasteiger partial charge in [0.1, 0.15) is 17.5 Å². The molecule has 106 valence electrons. The highest BCUT2D eigenvalue weighted by Crippen LogP contribution is 2.28. The highest BCUT2D eigenvalue weighted by atomic mass is 32.1. The van der Waals surface area contributed by atoms with E-state index < -0.39 is 0 Å². The first-order valence-corrected chi connectivity index (χ1v) is 6.69. The van der Waals surface area contributed by atoms with E-state index in [1.165, 1.54) is 7.11 Å². The van der Waals surface area contributed by atoms with Gasteiger partial charge in [-0.2, -0.15) is 5.26 Å². The van der Waals surface area contributed by atoms with Gasteiger partial charge in [0.25, 0.3) is 5.91 Å². The summed E-state index contributed by atoms with van der Waals surface area (Å²) in [5.41, 5.74) is 2.06. The zero-order valence-corrected chi connectivity index (χ0v) is 12.6. The Kier molecular flexibility index (Phi) is 4.51. The van der Waals surface area contributed by atoms with Crippen LogP contribution in [0.1, 0.15) is 21.5 Å². The van der Waals surface area contributed by atoms with Crippen LogP contribution in [0.15, 0.2) is 41.3 Å². The third-order valence-electron chi connectivity index (χ3n) is 3.07. The molecule has 0 fully saturated rings. The zero-order valence-electron chi connectivity index (χ0n) is 11.7. The Labute approximate surface area is 128 Å². The van der Waals surface area contributed by atoms with E-state index in [2.05, 4.69) is 17.9 Å². The Hall–Kier alpha value is -2.45. The number of amides is 1. The number of methoxy groups -OCH3 is 1. The summed E-state index contributed by atoms with van der Waals surface area (Å²) in [4.78, 5) is 13.1. The highest BCUT2D eigenvalue weighted by Gasteiger charge is 2.15. The van der Waals surface area contributed by atoms with Crippen LogP contribution in [0.5, 0.6) is 5.75 Å². The maximum Gasteiger partial charge on any atom is 0.256 e. The largest absolute Gasteiger partial charge is 0.495 e. The van der Waals surface area contributed by atoms with Crippen molar-refractivity contribution in [3.63, 3.8) is 0 Å². The zero-order chi connectivity index (χ0) is 15.4. The molecule has 0 spiro atoms. The number of rotatable bonds is 3. The number of nitrogens with one attached hydrogen (secondary N) is 1. The summed E-state index contributed by atoms with van der Waals surface area (Å²) in [7, 11) is 1.49. The minimum absolute atomic E-state index is 0.301. The van der Waals surface area contributed by atoms with Gasteiger partial charge in [0.15, 0.2) is 0 Å². The van der Waals surface area contributed by atoms with E-state index in [-0.39, 0.29) is 5.91 Å². The Bertz CT molecular complexity index is 736. The van der Waals surface area contributed by atoms with E-state index in [0.717, 1.165) is 5.56 Å². The number of carbonyl (C=O) groups is 1. The molecule has 0 saturated carbocycles. The molecule has 2 rings (SSSR count). The van der Waals surface area contributed by atoms with Crippen molar-refractivity contribution in [2.24, 2.45) is 0 Å². The number of carbonyl (C=O) groups excluding carboxylic acids is 1. The van der Waals surface area contributed by atoms with E-state index in [0.29, 0.717) is 27.5 Å². The Morgan fingerprint density at radius 2 is 2.10 bits per heavy atom. The van der Waals surface area contributed by atoms with E-state index in [1.807, 2.05) is 25.1 Å². The van der Waals surface area contributed by atoms with Crippen LogP contribution in [0.2, 0.25) is 0 Å². The molecule has 2 aromatic carbocycles. The summed E-state index contributed by atoms with van der Waals surface area (Å²) in [5, 5.41) is 11.9. The van der Waals surface area contributed by atoms with Crippen molar-refractivity contribution in [3.8, 4) is 11.8 Å². The summed E-state index contributed by atoms with van der Waals surface area (Å²) in [5.74, 6) is 0.145. The number of thiol groups is 1. The normalized spacial score (nSPS) is 9.81. The van der Waals surface area contributed by atoms with Gasteiger partial charge < -0.3 is 10.1 Å². The van der Waals surface area contributed by atoms with E-state index >= 15 is 0 Å². The summed E-state index contributed by atoms with van der Waals surface area (Å²) < 4.78 is 5.20. The molecule has 5 heteroatoms. The Morgan fingerprint density at radius 3 is 2.76 bits per heavy atom. The molecule has 0 atom stereocenters. The number of para-hydroxylation sites is 1. The van der Waals surface area contributed by atoms with Gasteiger partial charge in [0.2, 0.25) is 0 Å². The predicted octanol–water partition coefficient (Wildman–Crippen LogP) is 3.42. The average Bonchev–Trinajstić information content (AvgIpc) is 2.49. The molecular formula is C16H14N2O2S. The van der Waals surface area contributed by atoms with Gasteiger partial charge in [-0.3, -0.25) is 4.79 Å². The molecule has 0 heterocycles. The van der Waals surface area contributed by atoms with Gasteiger partial charge in [-0.1, -0.05) is 12.1 Å². The van der Waals surface area contributed by atoms with Crippen molar-refractivity contribution >= 4 is 24.2 Å². The van der Waals surface area contributed by atoms with Crippen molar-refractivity contribution in [2.45, 2.75) is 11.8 Å². The van der Waals surface area contributed by atoms with Crippen LogP contribution < -0.4 is 10.1 Å². The SMILES string of the molecule is COc1cccc(C#N)c1NC(=O)c1cc(S)ccc1C. The molecular weight excluding hydrogens is 284 g/mol. The number of benzene rings is 2. The van der Waals surface area contributed by atoms with Crippen LogP contribution in [0, 0.1) is 18.3 Å². The van der Waals surface area contributed by atoms with Gasteiger partial charge in [-0.15, -0.1) is 12.6 Å². The van der Waals surface area contributed by atoms with Crippen LogP contribution in [0.25, 0.3) is 0 Å². The van der Waals surface area contributed by atoms with Crippen molar-refractivity contribution in [2.75, 3.05) is 12.4 Å². The van der Waals surface area contributed by atoms with Crippen molar-refractivity contribution in [1.29, 1.82) is 5.26 Å². The second kappa shape index (κ2) is 6.33. The van der Waals surface area contributed by atoms with E-state index in [4.69, 9.17) is 10.00 Å². The first-order chi connectivity index (χ1) is 10.1. The molecule has 0 saturated heterocycles. The average molecular weight is 298 g/mol. The topological polar surface area (TPSA) is 62.1 Å². The molecule has 21 heavy (non-hydrogen) atoms. The monoisotopic (exact) mass is 298 g/mol. The fourth-order valence-corrected chi connectivity index (χ4v) is 2.16. The predicted molar refractivity (Wildman–Crippen MR) is 84.1 cm³/mol. The number of nitriles is 1. The van der Waals surface area contributed by atoms with Crippen LogP contribution in [0.3, 0.4) is 0 Å². The summed E-state index contributed by atoms with van der Waals surface area (Å²) in [6.07, 6.45) is 0. The molecule has 0 unspecified atom stereocenters. The lowest BCUT2D eigenvalue weighted by molar-refractivity contribution is 0.102. The first kappa shape index (κ1) is 14.9. The number of aryl methyl sites for hydroxylation is 1. The van der Waals surface area contributed by atoms with Gasteiger partial charge in [-0.05, 0) is 36.8 Å². The van der Waals surface area contributed by atoms with Crippen LogP contribution in [0.4, 0.5) is 5.69 Å². The minimum atomic E-state index is -0.301. The smallest absolute Gasteiger partial charge is 0.256 e. The van der Waals surface area contributed by atoms with Crippen molar-refractivity contribution in [3.05, 3.63) is 53.1 Å². The van der Waals surface area contributed by atoms with Gasteiger partial charge in [0, 0.05) is 10.5 Å². The van der Waals surface area contributed by atoms with Crippen LogP contribution in [-0.2, 0) is 0 Å². The molecule has 4 nitrogen and oxygen atoms in total. The number of nitrogens with zero attached hydrogens (tertiary/aromatic N) is 1. The van der Waals surface area contributed by atoms with E-state index in [9.17, 15) is 4.79 Å². The second-order valence-electron chi connectivity index (χ2n) is 4.45. The number of anilines is 1. The molecule has 0 radical (unpaired) electrons. The van der Waals surface area contributed by atoms with E-state index in [1.54, 1.807) is 24.3 Å². The fraction of sp³-hybridized carbons (Fsp3) is 0.125. The highest BCUT2D eigenvalue weighted by molar-refractivity contribution is 7.80. The van der Waals surface area contributed by atoms with Crippen LogP contribution in [-0.4, -0.2) is 13.0 Å². The second-order valence-corrected chi connectivity index (χ2v) is 4.96. The van der Waals surface area contributed by atoms with Crippen molar-refractivity contribution in [1.82, 2.24) is 0 Å². The summed E-state index contributed by atoms with van der Waals surface area (Å²) in [6, 6.07) is 12.4. The van der Waals surface area contributed by atoms with Crippen LogP contribution >= 0.6 is 12.6 Å². The maximum atomic E-state index is 12.4. The maximum absolute atomic E-state index is 12.4. The molecule has 2 aromatic rings. The molecule has 1 N–H and O–H groups in total. The fourth-order valence-electron chi connectivity index (χ4n) is 1.96. The molecule has 0 aliphatic heterocycles. The van der Waals surface area contributed by atoms with Gasteiger partial charge in [-0.25, -0.2) is 0 Å². The van der Waals surface area contributed by atoms with Crippen molar-refractivity contribution < 1.29 is 9.53 Å². The standard InChI is InChI=1S/C16H14N2O2S/c1-10-6-7-12(21)8-13(10)16(19)18-15-11(9-17)4-3-5-14(15)20-2/h3-8,21H,1-2H3,(H,18,19). The molecule has 1 amide bonds. The lowest BCUT2D eigenvalue weighted by atomic mass is 10.1. The lowest BCUT2D eigenvalue weighted by Gasteiger charge is -2.13. The Morgan fingerprint density at radius 1 is 1.33 bits per heavy atom. The summed E-state index contributed by atoms with van der Waals surface area (Å²) >= 11 is 4.24. The quantitative estimate of drug-likeness (QED) is 0.854. The molecule has 0 aromatic heterocycles. The lowest BCUT2D eigenvalue weighted by Crippen LogP contribution is -2.15. The minimum Gasteiger partial charge on any atom is -0.495 e. The first-order valence-electron chi connectivity index (χ1n) is 6.25. The third kappa shape index (κ3) is 3.18. The molecule has 0 bridgehead atoms. The number of hydrogen-bond acceptors (Lipinski definition) is 4. The van der Waals surface area contributed by atoms with Gasteiger partial charge >= 0.3 is 0 Å². The van der Waals surface area contributed by atoms with Gasteiger partial charge in [0.05, 0.1) is 12.7 Å². The number of hydrogen-bond donors (Lipinski definition) is 2. The number of ether oxygens (including phenoxy) is 1.